The van der Waals surface area contributed by atoms with Crippen molar-refractivity contribution in [3.05, 3.63) is 27.9 Å². The number of carbonyl (C=O) groups is 1. The molecule has 7 nitrogen and oxygen atoms in total. The molecule has 1 atom stereocenters. The topological polar surface area (TPSA) is 96.6 Å². The van der Waals surface area contributed by atoms with Crippen LogP contribution in [0.15, 0.2) is 12.3 Å². The minimum atomic E-state index is -1.32. The summed E-state index contributed by atoms with van der Waals surface area (Å²) < 4.78 is 0. The third-order valence-corrected chi connectivity index (χ3v) is 3.05. The molecule has 0 saturated heterocycles. The maximum atomic E-state index is 11.1. The van der Waals surface area contributed by atoms with Crippen molar-refractivity contribution >= 4 is 17.5 Å². The zero-order valence-corrected chi connectivity index (χ0v) is 11.2. The predicted molar refractivity (Wildman–Crippen MR) is 70.6 cm³/mol. The van der Waals surface area contributed by atoms with Crippen molar-refractivity contribution in [1.29, 1.82) is 0 Å². The van der Waals surface area contributed by atoms with E-state index in [2.05, 4.69) is 4.98 Å². The Hall–Kier alpha value is -2.18. The van der Waals surface area contributed by atoms with Gasteiger partial charge in [0.25, 0.3) is 0 Å². The third kappa shape index (κ3) is 3.18. The molecule has 1 unspecified atom stereocenters. The number of aromatic nitrogens is 1. The normalized spacial score (nSPS) is 11.9. The number of anilines is 1. The minimum Gasteiger partial charge on any atom is -0.477 e. The lowest BCUT2D eigenvalue weighted by Gasteiger charge is -2.28. The minimum absolute atomic E-state index is 0.181. The lowest BCUT2D eigenvalue weighted by Crippen LogP contribution is -2.33. The molecule has 0 saturated carbocycles. The highest BCUT2D eigenvalue weighted by Crippen LogP contribution is 2.24. The lowest BCUT2D eigenvalue weighted by atomic mass is 10.2. The molecule has 0 aromatic carbocycles. The first-order valence-corrected chi connectivity index (χ1v) is 6.06. The standard InChI is InChI=1S/C12H17N3O4/c1-4-8(3)14(5-2)11-6-9(12(16)17)10(7-13-11)15(18)19/h6-8H,4-5H2,1-3H3,(H,16,17). The molecule has 0 aliphatic heterocycles. The van der Waals surface area contributed by atoms with Gasteiger partial charge in [-0.2, -0.15) is 0 Å². The Bertz CT molecular complexity index is 490. The molecule has 0 aliphatic carbocycles. The maximum absolute atomic E-state index is 11.1. The highest BCUT2D eigenvalue weighted by molar-refractivity contribution is 5.93. The van der Waals surface area contributed by atoms with E-state index in [9.17, 15) is 14.9 Å². The van der Waals surface area contributed by atoms with E-state index < -0.39 is 16.6 Å². The van der Waals surface area contributed by atoms with Crippen LogP contribution in [0.1, 0.15) is 37.6 Å². The fraction of sp³-hybridized carbons (Fsp3) is 0.500. The number of pyridine rings is 1. The molecule has 19 heavy (non-hydrogen) atoms. The van der Waals surface area contributed by atoms with Crippen LogP contribution < -0.4 is 4.90 Å². The summed E-state index contributed by atoms with van der Waals surface area (Å²) in [6, 6.07) is 1.44. The van der Waals surface area contributed by atoms with Crippen LogP contribution in [0.25, 0.3) is 0 Å². The van der Waals surface area contributed by atoms with Gasteiger partial charge >= 0.3 is 11.7 Å². The van der Waals surface area contributed by atoms with E-state index in [4.69, 9.17) is 5.11 Å². The number of carboxylic acid groups (broad SMARTS) is 1. The van der Waals surface area contributed by atoms with Crippen molar-refractivity contribution in [2.45, 2.75) is 33.2 Å². The van der Waals surface area contributed by atoms with Crippen LogP contribution in [0.5, 0.6) is 0 Å². The van der Waals surface area contributed by atoms with Crippen LogP contribution in [0.2, 0.25) is 0 Å². The number of nitrogens with zero attached hydrogens (tertiary/aromatic N) is 3. The Morgan fingerprint density at radius 3 is 2.63 bits per heavy atom. The van der Waals surface area contributed by atoms with Crippen LogP contribution in [0.3, 0.4) is 0 Å². The quantitative estimate of drug-likeness (QED) is 0.627. The second-order valence-electron chi connectivity index (χ2n) is 4.17. The first-order chi connectivity index (χ1) is 8.92. The maximum Gasteiger partial charge on any atom is 0.342 e. The van der Waals surface area contributed by atoms with Gasteiger partial charge in [0.1, 0.15) is 17.6 Å². The van der Waals surface area contributed by atoms with E-state index in [1.165, 1.54) is 6.07 Å². The molecule has 1 rings (SSSR count). The molecule has 0 spiro atoms. The molecule has 1 heterocycles. The van der Waals surface area contributed by atoms with Gasteiger partial charge in [0, 0.05) is 18.7 Å². The van der Waals surface area contributed by atoms with E-state index in [-0.39, 0.29) is 11.6 Å². The fourth-order valence-electron chi connectivity index (χ4n) is 1.83. The van der Waals surface area contributed by atoms with Crippen LogP contribution >= 0.6 is 0 Å². The average molecular weight is 267 g/mol. The second kappa shape index (κ2) is 6.12. The average Bonchev–Trinajstić information content (AvgIpc) is 2.38. The molecular weight excluding hydrogens is 250 g/mol. The summed E-state index contributed by atoms with van der Waals surface area (Å²) in [6.07, 6.45) is 1.87. The second-order valence-corrected chi connectivity index (χ2v) is 4.17. The van der Waals surface area contributed by atoms with E-state index in [1.807, 2.05) is 25.7 Å². The van der Waals surface area contributed by atoms with Gasteiger partial charge in [-0.05, 0) is 20.3 Å². The molecule has 0 amide bonds. The molecule has 1 aromatic rings. The molecule has 0 fully saturated rings. The smallest absolute Gasteiger partial charge is 0.342 e. The Morgan fingerprint density at radius 1 is 1.58 bits per heavy atom. The summed E-state index contributed by atoms with van der Waals surface area (Å²) in [4.78, 5) is 27.0. The van der Waals surface area contributed by atoms with Gasteiger partial charge in [-0.15, -0.1) is 0 Å². The fourth-order valence-corrected chi connectivity index (χ4v) is 1.83. The van der Waals surface area contributed by atoms with Gasteiger partial charge in [0.2, 0.25) is 0 Å². The van der Waals surface area contributed by atoms with Gasteiger partial charge in [0.15, 0.2) is 0 Å². The number of hydrogen-bond acceptors (Lipinski definition) is 5. The summed E-state index contributed by atoms with van der Waals surface area (Å²) >= 11 is 0. The van der Waals surface area contributed by atoms with Gasteiger partial charge < -0.3 is 10.0 Å². The Kier molecular flexibility index (Phi) is 4.80. The van der Waals surface area contributed by atoms with E-state index in [0.717, 1.165) is 12.6 Å². The van der Waals surface area contributed by atoms with Crippen molar-refractivity contribution in [1.82, 2.24) is 4.98 Å². The Labute approximate surface area is 111 Å². The van der Waals surface area contributed by atoms with Crippen LogP contribution in [0.4, 0.5) is 11.5 Å². The SMILES string of the molecule is CCC(C)N(CC)c1cc(C(=O)O)c([N+](=O)[O-])cn1. The summed E-state index contributed by atoms with van der Waals surface area (Å²) in [5.41, 5.74) is -0.826. The van der Waals surface area contributed by atoms with Gasteiger partial charge in [-0.25, -0.2) is 9.78 Å². The molecule has 0 aliphatic rings. The van der Waals surface area contributed by atoms with Crippen LogP contribution in [-0.2, 0) is 0 Å². The first-order valence-electron chi connectivity index (χ1n) is 6.06. The number of aromatic carboxylic acids is 1. The van der Waals surface area contributed by atoms with Crippen molar-refractivity contribution in [2.24, 2.45) is 0 Å². The van der Waals surface area contributed by atoms with E-state index in [1.54, 1.807) is 0 Å². The largest absolute Gasteiger partial charge is 0.477 e. The number of hydrogen-bond donors (Lipinski definition) is 1. The first kappa shape index (κ1) is 14.9. The molecular formula is C12H17N3O4. The van der Waals surface area contributed by atoms with Crippen molar-refractivity contribution in [2.75, 3.05) is 11.4 Å². The molecule has 0 bridgehead atoms. The zero-order valence-electron chi connectivity index (χ0n) is 11.2. The molecule has 104 valence electrons. The monoisotopic (exact) mass is 267 g/mol. The molecule has 1 aromatic heterocycles. The molecule has 7 heteroatoms. The number of rotatable bonds is 6. The summed E-state index contributed by atoms with van der Waals surface area (Å²) in [7, 11) is 0. The number of nitro groups is 1. The molecule has 0 radical (unpaired) electrons. The van der Waals surface area contributed by atoms with Crippen molar-refractivity contribution in [3.63, 3.8) is 0 Å². The van der Waals surface area contributed by atoms with Crippen LogP contribution in [0, 0.1) is 10.1 Å². The summed E-state index contributed by atoms with van der Waals surface area (Å²) in [6.45, 7) is 6.58. The van der Waals surface area contributed by atoms with E-state index in [0.29, 0.717) is 12.4 Å². The lowest BCUT2D eigenvalue weighted by molar-refractivity contribution is -0.385. The van der Waals surface area contributed by atoms with Crippen molar-refractivity contribution < 1.29 is 14.8 Å². The van der Waals surface area contributed by atoms with E-state index >= 15 is 0 Å². The van der Waals surface area contributed by atoms with Gasteiger partial charge in [0.05, 0.1) is 4.92 Å². The zero-order chi connectivity index (χ0) is 14.6. The molecule has 1 N–H and O–H groups in total. The summed E-state index contributed by atoms with van der Waals surface area (Å²) in [5.74, 6) is -0.879. The van der Waals surface area contributed by atoms with Gasteiger partial charge in [-0.1, -0.05) is 6.92 Å². The Balaban J connectivity index is 3.28. The van der Waals surface area contributed by atoms with Gasteiger partial charge in [-0.3, -0.25) is 10.1 Å². The summed E-state index contributed by atoms with van der Waals surface area (Å²) in [5, 5.41) is 19.8. The number of carboxylic acids is 1. The predicted octanol–water partition coefficient (Wildman–Crippen LogP) is 2.31. The van der Waals surface area contributed by atoms with Crippen molar-refractivity contribution in [3.8, 4) is 0 Å². The highest BCUT2D eigenvalue weighted by atomic mass is 16.6. The third-order valence-electron chi connectivity index (χ3n) is 3.05. The highest BCUT2D eigenvalue weighted by Gasteiger charge is 2.23. The Morgan fingerprint density at radius 2 is 2.21 bits per heavy atom. The van der Waals surface area contributed by atoms with Crippen LogP contribution in [-0.4, -0.2) is 33.6 Å².